The van der Waals surface area contributed by atoms with Gasteiger partial charge >= 0.3 is 12.2 Å². The van der Waals surface area contributed by atoms with Crippen LogP contribution < -0.4 is 10.6 Å². The maximum Gasteiger partial charge on any atom is 0.408 e. The molecule has 0 radical (unpaired) electrons. The highest BCUT2D eigenvalue weighted by atomic mass is 16.6. The van der Waals surface area contributed by atoms with Crippen LogP contribution in [0.1, 0.15) is 79.1 Å². The minimum atomic E-state index is -0.461. The van der Waals surface area contributed by atoms with E-state index in [0.29, 0.717) is 32.5 Å². The van der Waals surface area contributed by atoms with Gasteiger partial charge in [0.15, 0.2) is 12.5 Å². The number of ether oxygens (including phenoxy) is 3. The van der Waals surface area contributed by atoms with Gasteiger partial charge in [0.1, 0.15) is 0 Å². The molecule has 2 unspecified atom stereocenters. The number of alkyl carbamates (subject to hydrolysis) is 2. The van der Waals surface area contributed by atoms with Gasteiger partial charge in [-0.1, -0.05) is 53.4 Å². The first-order valence-corrected chi connectivity index (χ1v) is 13.0. The highest BCUT2D eigenvalue weighted by Gasteiger charge is 2.31. The zero-order valence-electron chi connectivity index (χ0n) is 21.4. The summed E-state index contributed by atoms with van der Waals surface area (Å²) in [7, 11) is 0. The second kappa shape index (κ2) is 18.8. The average molecular weight is 473 g/mol. The third kappa shape index (κ3) is 13.0. The summed E-state index contributed by atoms with van der Waals surface area (Å²) in [5.74, 6) is 0. The van der Waals surface area contributed by atoms with Crippen molar-refractivity contribution in [2.75, 3.05) is 52.5 Å². The molecule has 1 aliphatic rings. The van der Waals surface area contributed by atoms with Crippen LogP contribution in [-0.4, -0.2) is 86.9 Å². The summed E-state index contributed by atoms with van der Waals surface area (Å²) < 4.78 is 17.2. The highest BCUT2D eigenvalue weighted by molar-refractivity contribution is 5.67. The Hall–Kier alpha value is -1.58. The summed E-state index contributed by atoms with van der Waals surface area (Å²) >= 11 is 0. The van der Waals surface area contributed by atoms with Crippen LogP contribution in [0.4, 0.5) is 9.59 Å². The van der Waals surface area contributed by atoms with Crippen molar-refractivity contribution in [3.05, 3.63) is 0 Å². The molecule has 0 bridgehead atoms. The summed E-state index contributed by atoms with van der Waals surface area (Å²) in [6, 6.07) is 0. The number of hydrogen-bond acceptors (Lipinski definition) is 7. The Morgan fingerprint density at radius 2 is 1.33 bits per heavy atom. The van der Waals surface area contributed by atoms with E-state index in [1.54, 1.807) is 0 Å². The molecule has 2 amide bonds. The van der Waals surface area contributed by atoms with E-state index >= 15 is 0 Å². The maximum absolute atomic E-state index is 12.5. The fourth-order valence-electron chi connectivity index (χ4n) is 3.70. The molecule has 9 nitrogen and oxygen atoms in total. The third-order valence-electron chi connectivity index (χ3n) is 5.67. The molecule has 9 heteroatoms. The molecule has 1 rings (SSSR count). The lowest BCUT2D eigenvalue weighted by molar-refractivity contribution is -0.116. The largest absolute Gasteiger partial charge is 0.430 e. The molecule has 1 fully saturated rings. The van der Waals surface area contributed by atoms with E-state index in [1.807, 2.05) is 0 Å². The quantitative estimate of drug-likeness (QED) is 0.245. The summed E-state index contributed by atoms with van der Waals surface area (Å²) in [4.78, 5) is 29.4. The van der Waals surface area contributed by atoms with E-state index in [0.717, 1.165) is 71.4 Å². The molecule has 0 aromatic carbocycles. The van der Waals surface area contributed by atoms with Gasteiger partial charge in [0, 0.05) is 39.3 Å². The first-order valence-electron chi connectivity index (χ1n) is 13.0. The lowest BCUT2D eigenvalue weighted by atomic mass is 10.2. The molecular formula is C24H48N4O5. The van der Waals surface area contributed by atoms with Crippen LogP contribution in [0.3, 0.4) is 0 Å². The summed E-state index contributed by atoms with van der Waals surface area (Å²) in [6.07, 6.45) is 5.12. The highest BCUT2D eigenvalue weighted by Crippen LogP contribution is 2.19. The molecule has 0 aromatic rings. The Morgan fingerprint density at radius 3 is 1.76 bits per heavy atom. The van der Waals surface area contributed by atoms with Gasteiger partial charge in [-0.05, 0) is 25.7 Å². The number of nitrogens with one attached hydrogen (secondary N) is 2. The molecule has 0 aliphatic carbocycles. The molecule has 1 heterocycles. The number of unbranched alkanes of at least 4 members (excludes halogenated alkanes) is 2. The van der Waals surface area contributed by atoms with Crippen molar-refractivity contribution in [1.82, 2.24) is 20.4 Å². The Morgan fingerprint density at radius 1 is 0.848 bits per heavy atom. The number of morpholine rings is 1. The van der Waals surface area contributed by atoms with E-state index in [9.17, 15) is 9.59 Å². The molecular weight excluding hydrogens is 424 g/mol. The predicted octanol–water partition coefficient (Wildman–Crippen LogP) is 3.93. The summed E-state index contributed by atoms with van der Waals surface area (Å²) in [5.41, 5.74) is 0. The van der Waals surface area contributed by atoms with Crippen molar-refractivity contribution in [3.8, 4) is 0 Å². The van der Waals surface area contributed by atoms with E-state index in [2.05, 4.69) is 48.1 Å². The van der Waals surface area contributed by atoms with Crippen LogP contribution >= 0.6 is 0 Å². The van der Waals surface area contributed by atoms with Crippen LogP contribution in [-0.2, 0) is 14.2 Å². The monoisotopic (exact) mass is 472 g/mol. The fourth-order valence-corrected chi connectivity index (χ4v) is 3.70. The molecule has 194 valence electrons. The minimum absolute atomic E-state index is 0.416. The van der Waals surface area contributed by atoms with Gasteiger partial charge in [0.2, 0.25) is 0 Å². The predicted molar refractivity (Wildman–Crippen MR) is 130 cm³/mol. The average Bonchev–Trinajstić information content (AvgIpc) is 2.80. The van der Waals surface area contributed by atoms with E-state index in [1.165, 1.54) is 0 Å². The first kappa shape index (κ1) is 29.5. The SMILES string of the molecule is CCCCNC(=O)OC(CCC)N(CCN1CCOCC1)C(CCC)OC(=O)NCCCC. The van der Waals surface area contributed by atoms with Gasteiger partial charge in [-0.25, -0.2) is 14.5 Å². The topological polar surface area (TPSA) is 92.4 Å². The van der Waals surface area contributed by atoms with Gasteiger partial charge in [-0.3, -0.25) is 4.90 Å². The van der Waals surface area contributed by atoms with Gasteiger partial charge in [0.25, 0.3) is 0 Å². The zero-order chi connectivity index (χ0) is 24.3. The maximum atomic E-state index is 12.5. The van der Waals surface area contributed by atoms with Gasteiger partial charge in [-0.15, -0.1) is 0 Å². The van der Waals surface area contributed by atoms with Gasteiger partial charge in [-0.2, -0.15) is 0 Å². The van der Waals surface area contributed by atoms with Crippen molar-refractivity contribution in [2.45, 2.75) is 91.5 Å². The molecule has 0 saturated carbocycles. The van der Waals surface area contributed by atoms with Crippen molar-refractivity contribution in [2.24, 2.45) is 0 Å². The molecule has 33 heavy (non-hydrogen) atoms. The Bertz CT molecular complexity index is 483. The molecule has 1 aliphatic heterocycles. The number of rotatable bonds is 17. The van der Waals surface area contributed by atoms with Gasteiger partial charge < -0.3 is 24.8 Å². The van der Waals surface area contributed by atoms with Gasteiger partial charge in [0.05, 0.1) is 13.2 Å². The number of amides is 2. The van der Waals surface area contributed by atoms with E-state index in [-0.39, 0.29) is 0 Å². The standard InChI is InChI=1S/C24H48N4O5/c1-5-9-13-25-23(29)32-21(11-7-3)28(16-15-27-17-19-31-20-18-27)22(12-8-4)33-24(30)26-14-10-6-2/h21-22H,5-20H2,1-4H3,(H,25,29)(H,26,30). The first-order chi connectivity index (χ1) is 16.0. The summed E-state index contributed by atoms with van der Waals surface area (Å²) in [5, 5.41) is 5.69. The second-order valence-corrected chi connectivity index (χ2v) is 8.55. The Kier molecular flexibility index (Phi) is 16.8. The number of hydrogen-bond donors (Lipinski definition) is 2. The fraction of sp³-hybridized carbons (Fsp3) is 0.917. The molecule has 0 aromatic heterocycles. The smallest absolute Gasteiger partial charge is 0.408 e. The lowest BCUT2D eigenvalue weighted by Crippen LogP contribution is -2.52. The second-order valence-electron chi connectivity index (χ2n) is 8.55. The van der Waals surface area contributed by atoms with Crippen LogP contribution in [0.15, 0.2) is 0 Å². The molecule has 1 saturated heterocycles. The summed E-state index contributed by atoms with van der Waals surface area (Å²) in [6.45, 7) is 14.1. The van der Waals surface area contributed by atoms with Crippen molar-refractivity contribution >= 4 is 12.2 Å². The van der Waals surface area contributed by atoms with Crippen LogP contribution in [0, 0.1) is 0 Å². The zero-order valence-corrected chi connectivity index (χ0v) is 21.4. The number of carbonyl (C=O) groups excluding carboxylic acids is 2. The van der Waals surface area contributed by atoms with Crippen molar-refractivity contribution in [3.63, 3.8) is 0 Å². The number of nitrogens with zero attached hydrogens (tertiary/aromatic N) is 2. The van der Waals surface area contributed by atoms with Crippen molar-refractivity contribution < 1.29 is 23.8 Å². The Labute approximate surface area is 200 Å². The Balaban J connectivity index is 2.93. The minimum Gasteiger partial charge on any atom is -0.430 e. The lowest BCUT2D eigenvalue weighted by Gasteiger charge is -2.38. The number of carbonyl (C=O) groups is 2. The van der Waals surface area contributed by atoms with E-state index < -0.39 is 24.6 Å². The van der Waals surface area contributed by atoms with Crippen LogP contribution in [0.2, 0.25) is 0 Å². The van der Waals surface area contributed by atoms with E-state index in [4.69, 9.17) is 14.2 Å². The van der Waals surface area contributed by atoms with Crippen LogP contribution in [0.25, 0.3) is 0 Å². The molecule has 2 atom stereocenters. The van der Waals surface area contributed by atoms with Crippen LogP contribution in [0.5, 0.6) is 0 Å². The normalized spacial score (nSPS) is 16.3. The van der Waals surface area contributed by atoms with Crippen molar-refractivity contribution in [1.29, 1.82) is 0 Å². The molecule has 0 spiro atoms. The molecule has 2 N–H and O–H groups in total. The third-order valence-corrected chi connectivity index (χ3v) is 5.67.